The van der Waals surface area contributed by atoms with Gasteiger partial charge in [0.2, 0.25) is 0 Å². The number of benzene rings is 1. The Hall–Kier alpha value is -0.980. The Morgan fingerprint density at radius 2 is 2.15 bits per heavy atom. The first kappa shape index (κ1) is 8.61. The topological polar surface area (TPSA) is 9.23 Å². The highest BCUT2D eigenvalue weighted by Gasteiger charge is 2.24. The highest BCUT2D eigenvalue weighted by Crippen LogP contribution is 2.29. The van der Waals surface area contributed by atoms with Gasteiger partial charge >= 0.3 is 0 Å². The molecule has 1 heteroatoms. The Morgan fingerprint density at radius 3 is 2.77 bits per heavy atom. The van der Waals surface area contributed by atoms with Crippen LogP contribution in [0.15, 0.2) is 18.2 Å². The summed E-state index contributed by atoms with van der Waals surface area (Å²) in [7, 11) is 0. The summed E-state index contributed by atoms with van der Waals surface area (Å²) < 4.78 is 5.83. The van der Waals surface area contributed by atoms with Crippen molar-refractivity contribution in [3.05, 3.63) is 29.3 Å². The number of ether oxygens (including phenoxy) is 1. The molecule has 1 fully saturated rings. The molecule has 1 saturated carbocycles. The molecule has 0 saturated heterocycles. The van der Waals surface area contributed by atoms with Crippen molar-refractivity contribution < 1.29 is 4.74 Å². The van der Waals surface area contributed by atoms with E-state index in [-0.39, 0.29) is 0 Å². The van der Waals surface area contributed by atoms with Crippen LogP contribution >= 0.6 is 0 Å². The van der Waals surface area contributed by atoms with E-state index in [1.54, 1.807) is 0 Å². The summed E-state index contributed by atoms with van der Waals surface area (Å²) in [5.74, 6) is 1.10. The largest absolute Gasteiger partial charge is 0.490 e. The van der Waals surface area contributed by atoms with E-state index in [1.807, 2.05) is 0 Å². The Balaban J connectivity index is 2.22. The van der Waals surface area contributed by atoms with Gasteiger partial charge in [0.25, 0.3) is 0 Å². The monoisotopic (exact) mass is 176 g/mol. The number of aryl methyl sites for hydroxylation is 2. The molecule has 1 aromatic rings. The van der Waals surface area contributed by atoms with Crippen molar-refractivity contribution in [2.24, 2.45) is 0 Å². The lowest BCUT2D eigenvalue weighted by molar-refractivity contribution is 0.300. The molecule has 1 aliphatic rings. The maximum absolute atomic E-state index is 5.83. The van der Waals surface area contributed by atoms with E-state index in [4.69, 9.17) is 4.74 Å². The fourth-order valence-electron chi connectivity index (χ4n) is 1.43. The fourth-order valence-corrected chi connectivity index (χ4v) is 1.43. The molecular weight excluding hydrogens is 160 g/mol. The summed E-state index contributed by atoms with van der Waals surface area (Å²) in [6.45, 7) is 4.28. The zero-order valence-corrected chi connectivity index (χ0v) is 8.34. The average Bonchev–Trinajstić information content (AvgIpc) is 2.89. The Kier molecular flexibility index (Phi) is 2.26. The SMILES string of the molecule is CCc1ccc(C)cc1OC1CC1. The third-order valence-corrected chi connectivity index (χ3v) is 2.42. The molecule has 0 aromatic heterocycles. The third-order valence-electron chi connectivity index (χ3n) is 2.42. The van der Waals surface area contributed by atoms with Gasteiger partial charge in [0.1, 0.15) is 5.75 Å². The summed E-state index contributed by atoms with van der Waals surface area (Å²) in [5, 5.41) is 0. The van der Waals surface area contributed by atoms with E-state index in [1.165, 1.54) is 24.0 Å². The predicted octanol–water partition coefficient (Wildman–Crippen LogP) is 3.10. The van der Waals surface area contributed by atoms with Gasteiger partial charge in [-0.3, -0.25) is 0 Å². The number of rotatable bonds is 3. The molecule has 0 unspecified atom stereocenters. The average molecular weight is 176 g/mol. The number of hydrogen-bond donors (Lipinski definition) is 0. The van der Waals surface area contributed by atoms with Gasteiger partial charge in [-0.25, -0.2) is 0 Å². The first-order valence-corrected chi connectivity index (χ1v) is 5.06. The van der Waals surface area contributed by atoms with Crippen LogP contribution in [-0.2, 0) is 6.42 Å². The molecule has 0 radical (unpaired) electrons. The summed E-state index contributed by atoms with van der Waals surface area (Å²) >= 11 is 0. The standard InChI is InChI=1S/C12H16O/c1-3-10-5-4-9(2)8-12(10)13-11-6-7-11/h4-5,8,11H,3,6-7H2,1-2H3. The Morgan fingerprint density at radius 1 is 1.38 bits per heavy atom. The summed E-state index contributed by atoms with van der Waals surface area (Å²) in [5.41, 5.74) is 2.62. The van der Waals surface area contributed by atoms with Crippen molar-refractivity contribution >= 4 is 0 Å². The summed E-state index contributed by atoms with van der Waals surface area (Å²) in [6.07, 6.45) is 4.03. The lowest BCUT2D eigenvalue weighted by Gasteiger charge is -2.10. The van der Waals surface area contributed by atoms with Crippen LogP contribution in [0.2, 0.25) is 0 Å². The highest BCUT2D eigenvalue weighted by molar-refractivity contribution is 5.37. The zero-order chi connectivity index (χ0) is 9.26. The van der Waals surface area contributed by atoms with Crippen molar-refractivity contribution in [1.82, 2.24) is 0 Å². The van der Waals surface area contributed by atoms with Crippen LogP contribution in [0, 0.1) is 6.92 Å². The normalized spacial score (nSPS) is 15.8. The minimum absolute atomic E-state index is 0.507. The molecule has 1 aromatic carbocycles. The highest BCUT2D eigenvalue weighted by atomic mass is 16.5. The van der Waals surface area contributed by atoms with E-state index in [9.17, 15) is 0 Å². The van der Waals surface area contributed by atoms with E-state index in [0.717, 1.165) is 12.2 Å². The molecule has 0 spiro atoms. The van der Waals surface area contributed by atoms with E-state index < -0.39 is 0 Å². The van der Waals surface area contributed by atoms with Crippen LogP contribution in [-0.4, -0.2) is 6.10 Å². The van der Waals surface area contributed by atoms with E-state index >= 15 is 0 Å². The van der Waals surface area contributed by atoms with Crippen molar-refractivity contribution in [2.45, 2.75) is 39.2 Å². The van der Waals surface area contributed by atoms with Crippen molar-refractivity contribution in [3.8, 4) is 5.75 Å². The first-order valence-electron chi connectivity index (χ1n) is 5.06. The van der Waals surface area contributed by atoms with E-state index in [2.05, 4.69) is 32.0 Å². The molecule has 1 nitrogen and oxygen atoms in total. The molecular formula is C12H16O. The lowest BCUT2D eigenvalue weighted by atomic mass is 10.1. The number of hydrogen-bond acceptors (Lipinski definition) is 1. The van der Waals surface area contributed by atoms with Crippen molar-refractivity contribution in [1.29, 1.82) is 0 Å². The molecule has 0 heterocycles. The second-order valence-corrected chi connectivity index (χ2v) is 3.78. The zero-order valence-electron chi connectivity index (χ0n) is 8.34. The van der Waals surface area contributed by atoms with Gasteiger partial charge < -0.3 is 4.74 Å². The van der Waals surface area contributed by atoms with Gasteiger partial charge in [-0.2, -0.15) is 0 Å². The van der Waals surface area contributed by atoms with Gasteiger partial charge in [-0.05, 0) is 43.4 Å². The molecule has 1 aliphatic carbocycles. The lowest BCUT2D eigenvalue weighted by Crippen LogP contribution is -1.99. The van der Waals surface area contributed by atoms with Crippen LogP contribution in [0.25, 0.3) is 0 Å². The first-order chi connectivity index (χ1) is 6.29. The second kappa shape index (κ2) is 3.41. The van der Waals surface area contributed by atoms with Gasteiger partial charge in [0, 0.05) is 0 Å². The molecule has 0 N–H and O–H groups in total. The van der Waals surface area contributed by atoms with Gasteiger partial charge in [0.15, 0.2) is 0 Å². The van der Waals surface area contributed by atoms with Crippen molar-refractivity contribution in [2.75, 3.05) is 0 Å². The molecule has 70 valence electrons. The Labute approximate surface area is 79.7 Å². The van der Waals surface area contributed by atoms with Crippen LogP contribution in [0.4, 0.5) is 0 Å². The molecule has 0 bridgehead atoms. The van der Waals surface area contributed by atoms with E-state index in [0.29, 0.717) is 6.10 Å². The van der Waals surface area contributed by atoms with Crippen molar-refractivity contribution in [3.63, 3.8) is 0 Å². The Bertz CT molecular complexity index is 300. The molecule has 0 amide bonds. The smallest absolute Gasteiger partial charge is 0.123 e. The summed E-state index contributed by atoms with van der Waals surface area (Å²) in [4.78, 5) is 0. The third kappa shape index (κ3) is 2.03. The predicted molar refractivity (Wildman–Crippen MR) is 54.2 cm³/mol. The van der Waals surface area contributed by atoms with Gasteiger partial charge in [0.05, 0.1) is 6.10 Å². The van der Waals surface area contributed by atoms with Gasteiger partial charge in [-0.15, -0.1) is 0 Å². The summed E-state index contributed by atoms with van der Waals surface area (Å²) in [6, 6.07) is 6.47. The second-order valence-electron chi connectivity index (χ2n) is 3.78. The van der Waals surface area contributed by atoms with Crippen LogP contribution in [0.3, 0.4) is 0 Å². The maximum atomic E-state index is 5.83. The maximum Gasteiger partial charge on any atom is 0.123 e. The van der Waals surface area contributed by atoms with Crippen LogP contribution in [0.5, 0.6) is 5.75 Å². The van der Waals surface area contributed by atoms with Crippen LogP contribution < -0.4 is 4.74 Å². The van der Waals surface area contributed by atoms with Gasteiger partial charge in [-0.1, -0.05) is 19.1 Å². The fraction of sp³-hybridized carbons (Fsp3) is 0.500. The molecule has 2 rings (SSSR count). The minimum atomic E-state index is 0.507. The quantitative estimate of drug-likeness (QED) is 0.687. The molecule has 0 aliphatic heterocycles. The molecule has 13 heavy (non-hydrogen) atoms. The minimum Gasteiger partial charge on any atom is -0.490 e. The molecule has 0 atom stereocenters. The van der Waals surface area contributed by atoms with Crippen LogP contribution in [0.1, 0.15) is 30.9 Å².